The monoisotopic (exact) mass is 341 g/mol. The largest absolute Gasteiger partial charge is 0.349 e. The number of carbonyl (C=O) groups excluding carboxylic acids is 1. The smallest absolute Gasteiger partial charge is 0.269 e. The van der Waals surface area contributed by atoms with Crippen molar-refractivity contribution >= 4 is 41.6 Å². The maximum absolute atomic E-state index is 12.2. The van der Waals surface area contributed by atoms with E-state index in [1.54, 1.807) is 0 Å². The minimum atomic E-state index is -0.144. The number of amides is 1. The lowest BCUT2D eigenvalue weighted by Gasteiger charge is -2.12. The quantitative estimate of drug-likeness (QED) is 0.898. The third-order valence-corrected chi connectivity index (χ3v) is 3.88. The maximum atomic E-state index is 12.2. The maximum Gasteiger partial charge on any atom is 0.269 e. The molecule has 1 aliphatic carbocycles. The van der Waals surface area contributed by atoms with Gasteiger partial charge in [-0.1, -0.05) is 18.2 Å². The van der Waals surface area contributed by atoms with Crippen LogP contribution in [-0.4, -0.2) is 23.5 Å². The zero-order chi connectivity index (χ0) is 14.1. The Bertz CT molecular complexity index is 659. The lowest BCUT2D eigenvalue weighted by Crippen LogP contribution is -2.38. The number of nitrogens with two attached hydrogens (primary N) is 1. The normalized spacial score (nSPS) is 14.6. The van der Waals surface area contributed by atoms with Gasteiger partial charge in [0.2, 0.25) is 0 Å². The van der Waals surface area contributed by atoms with Gasteiger partial charge in [-0.15, -0.1) is 24.8 Å². The molecule has 0 saturated heterocycles. The minimum absolute atomic E-state index is 0. The van der Waals surface area contributed by atoms with E-state index in [0.717, 1.165) is 16.5 Å². The van der Waals surface area contributed by atoms with Crippen LogP contribution < -0.4 is 11.1 Å². The Morgan fingerprint density at radius 3 is 2.73 bits per heavy atom. The topological polar surface area (TPSA) is 68.0 Å². The lowest BCUT2D eigenvalue weighted by molar-refractivity contribution is 0.0945. The van der Waals surface area contributed by atoms with E-state index in [1.165, 1.54) is 12.8 Å². The van der Waals surface area contributed by atoms with Crippen LogP contribution in [0, 0.1) is 12.8 Å². The van der Waals surface area contributed by atoms with Crippen molar-refractivity contribution in [3.05, 3.63) is 41.6 Å². The SMILES string of the molecule is Cc1cc(C(=O)NCC(N)C2CC2)nc2ccccc12.Cl.Cl. The number of aryl methyl sites for hydroxylation is 1. The van der Waals surface area contributed by atoms with E-state index in [-0.39, 0.29) is 36.8 Å². The van der Waals surface area contributed by atoms with Gasteiger partial charge in [-0.25, -0.2) is 4.98 Å². The first-order valence-electron chi connectivity index (χ1n) is 7.05. The van der Waals surface area contributed by atoms with Gasteiger partial charge in [0.25, 0.3) is 5.91 Å². The van der Waals surface area contributed by atoms with E-state index in [1.807, 2.05) is 37.3 Å². The summed E-state index contributed by atoms with van der Waals surface area (Å²) in [7, 11) is 0. The van der Waals surface area contributed by atoms with E-state index >= 15 is 0 Å². The summed E-state index contributed by atoms with van der Waals surface area (Å²) in [6.45, 7) is 2.52. The van der Waals surface area contributed by atoms with E-state index in [9.17, 15) is 4.79 Å². The number of aromatic nitrogens is 1. The summed E-state index contributed by atoms with van der Waals surface area (Å²) in [5.74, 6) is 0.441. The molecule has 1 unspecified atom stereocenters. The second kappa shape index (κ2) is 7.77. The minimum Gasteiger partial charge on any atom is -0.349 e. The Morgan fingerprint density at radius 2 is 2.05 bits per heavy atom. The molecule has 3 rings (SSSR count). The molecule has 0 spiro atoms. The average Bonchev–Trinajstić information content (AvgIpc) is 3.29. The van der Waals surface area contributed by atoms with Crippen molar-refractivity contribution < 1.29 is 4.79 Å². The van der Waals surface area contributed by atoms with Crippen LogP contribution in [0.3, 0.4) is 0 Å². The first-order chi connectivity index (χ1) is 9.65. The van der Waals surface area contributed by atoms with Gasteiger partial charge in [-0.3, -0.25) is 4.79 Å². The van der Waals surface area contributed by atoms with E-state index in [4.69, 9.17) is 5.73 Å². The molecule has 1 heterocycles. The van der Waals surface area contributed by atoms with Gasteiger partial charge < -0.3 is 11.1 Å². The van der Waals surface area contributed by atoms with Gasteiger partial charge >= 0.3 is 0 Å². The van der Waals surface area contributed by atoms with Gasteiger partial charge in [0, 0.05) is 18.0 Å². The molecule has 1 aromatic carbocycles. The second-order valence-corrected chi connectivity index (χ2v) is 5.55. The van der Waals surface area contributed by atoms with Gasteiger partial charge in [0.15, 0.2) is 0 Å². The summed E-state index contributed by atoms with van der Waals surface area (Å²) in [6.07, 6.45) is 2.37. The molecule has 4 nitrogen and oxygen atoms in total. The third-order valence-electron chi connectivity index (χ3n) is 3.88. The van der Waals surface area contributed by atoms with E-state index in [2.05, 4.69) is 10.3 Å². The van der Waals surface area contributed by atoms with Crippen LogP contribution in [0.15, 0.2) is 30.3 Å². The fraction of sp³-hybridized carbons (Fsp3) is 0.375. The summed E-state index contributed by atoms with van der Waals surface area (Å²) in [4.78, 5) is 16.6. The van der Waals surface area contributed by atoms with Crippen LogP contribution in [-0.2, 0) is 0 Å². The van der Waals surface area contributed by atoms with Crippen LogP contribution in [0.2, 0.25) is 0 Å². The molecule has 0 bridgehead atoms. The molecule has 120 valence electrons. The van der Waals surface area contributed by atoms with Crippen molar-refractivity contribution in [2.45, 2.75) is 25.8 Å². The summed E-state index contributed by atoms with van der Waals surface area (Å²) in [6, 6.07) is 9.75. The van der Waals surface area contributed by atoms with Crippen LogP contribution in [0.1, 0.15) is 28.9 Å². The molecule has 0 aliphatic heterocycles. The molecule has 1 saturated carbocycles. The van der Waals surface area contributed by atoms with Crippen LogP contribution >= 0.6 is 24.8 Å². The lowest BCUT2D eigenvalue weighted by atomic mass is 10.1. The Hall–Kier alpha value is -1.36. The predicted molar refractivity (Wildman–Crippen MR) is 94.0 cm³/mol. The number of rotatable bonds is 4. The zero-order valence-electron chi connectivity index (χ0n) is 12.4. The Kier molecular flexibility index (Phi) is 6.60. The second-order valence-electron chi connectivity index (χ2n) is 5.55. The van der Waals surface area contributed by atoms with Crippen molar-refractivity contribution in [1.82, 2.24) is 10.3 Å². The molecule has 1 atom stereocenters. The zero-order valence-corrected chi connectivity index (χ0v) is 14.0. The number of hydrogen-bond donors (Lipinski definition) is 2. The molecule has 1 aromatic heterocycles. The molecule has 6 heteroatoms. The highest BCUT2D eigenvalue weighted by molar-refractivity contribution is 5.95. The summed E-state index contributed by atoms with van der Waals surface area (Å²) in [5, 5.41) is 3.97. The molecule has 3 N–H and O–H groups in total. The average molecular weight is 342 g/mol. The van der Waals surface area contributed by atoms with Crippen LogP contribution in [0.4, 0.5) is 0 Å². The number of fused-ring (bicyclic) bond motifs is 1. The molecule has 2 aromatic rings. The molecule has 1 amide bonds. The molecular weight excluding hydrogens is 321 g/mol. The first kappa shape index (κ1) is 18.7. The molecule has 1 fully saturated rings. The Labute approximate surface area is 142 Å². The van der Waals surface area contributed by atoms with Crippen LogP contribution in [0.25, 0.3) is 10.9 Å². The fourth-order valence-electron chi connectivity index (χ4n) is 2.46. The third kappa shape index (κ3) is 4.09. The fourth-order valence-corrected chi connectivity index (χ4v) is 2.46. The van der Waals surface area contributed by atoms with Crippen LogP contribution in [0.5, 0.6) is 0 Å². The van der Waals surface area contributed by atoms with Gasteiger partial charge in [0.1, 0.15) is 5.69 Å². The van der Waals surface area contributed by atoms with Gasteiger partial charge in [-0.05, 0) is 43.4 Å². The highest BCUT2D eigenvalue weighted by Gasteiger charge is 2.28. The molecule has 0 radical (unpaired) electrons. The van der Waals surface area contributed by atoms with Crippen molar-refractivity contribution in [3.8, 4) is 0 Å². The van der Waals surface area contributed by atoms with Gasteiger partial charge in [0.05, 0.1) is 5.52 Å². The first-order valence-corrected chi connectivity index (χ1v) is 7.05. The van der Waals surface area contributed by atoms with Gasteiger partial charge in [-0.2, -0.15) is 0 Å². The number of pyridine rings is 1. The molecular formula is C16H21Cl2N3O. The highest BCUT2D eigenvalue weighted by Crippen LogP contribution is 2.31. The standard InChI is InChI=1S/C16H19N3O.2ClH/c1-10-8-15(19-14-5-3-2-4-12(10)14)16(20)18-9-13(17)11-6-7-11;;/h2-5,8,11,13H,6-7,9,17H2,1H3,(H,18,20);2*1H. The predicted octanol–water partition coefficient (Wildman–Crippen LogP) is 2.85. The van der Waals surface area contributed by atoms with Crippen molar-refractivity contribution in [2.24, 2.45) is 11.7 Å². The number of hydrogen-bond acceptors (Lipinski definition) is 3. The summed E-state index contributed by atoms with van der Waals surface area (Å²) >= 11 is 0. The van der Waals surface area contributed by atoms with E-state index < -0.39 is 0 Å². The van der Waals surface area contributed by atoms with Crippen molar-refractivity contribution in [3.63, 3.8) is 0 Å². The Morgan fingerprint density at radius 1 is 1.36 bits per heavy atom. The Balaban J connectivity index is 0.00000121. The van der Waals surface area contributed by atoms with Crippen molar-refractivity contribution in [1.29, 1.82) is 0 Å². The summed E-state index contributed by atoms with van der Waals surface area (Å²) in [5.41, 5.74) is 8.37. The molecule has 22 heavy (non-hydrogen) atoms. The number of halogens is 2. The van der Waals surface area contributed by atoms with Crippen molar-refractivity contribution in [2.75, 3.05) is 6.54 Å². The highest BCUT2D eigenvalue weighted by atomic mass is 35.5. The number of para-hydroxylation sites is 1. The number of nitrogens with zero attached hydrogens (tertiary/aromatic N) is 1. The summed E-state index contributed by atoms with van der Waals surface area (Å²) < 4.78 is 0. The number of carbonyl (C=O) groups is 1. The number of nitrogens with one attached hydrogen (secondary N) is 1. The number of benzene rings is 1. The molecule has 1 aliphatic rings. The van der Waals surface area contributed by atoms with E-state index in [0.29, 0.717) is 18.2 Å².